The maximum Gasteiger partial charge on any atom is 0.294 e. The van der Waals surface area contributed by atoms with Gasteiger partial charge in [-0.15, -0.1) is 0 Å². The minimum absolute atomic E-state index is 0.0237. The summed E-state index contributed by atoms with van der Waals surface area (Å²) in [5.41, 5.74) is 2.53. The Morgan fingerprint density at radius 1 is 1.12 bits per heavy atom. The van der Waals surface area contributed by atoms with Crippen molar-refractivity contribution in [3.63, 3.8) is 0 Å². The molecule has 2 aromatic carbocycles. The Kier molecular flexibility index (Phi) is 8.98. The van der Waals surface area contributed by atoms with Crippen molar-refractivity contribution in [1.82, 2.24) is 24.4 Å². The second kappa shape index (κ2) is 12.4. The van der Waals surface area contributed by atoms with Gasteiger partial charge in [-0.1, -0.05) is 0 Å². The Balaban J connectivity index is 1.72. The molecule has 0 saturated heterocycles. The number of methoxy groups -OCH3 is 2. The van der Waals surface area contributed by atoms with Crippen LogP contribution in [-0.4, -0.2) is 77.8 Å². The van der Waals surface area contributed by atoms with E-state index in [4.69, 9.17) is 9.47 Å². The average molecular weight is 567 g/mol. The van der Waals surface area contributed by atoms with Crippen LogP contribution in [0, 0.1) is 15.9 Å². The summed E-state index contributed by atoms with van der Waals surface area (Å²) in [7, 11) is 8.73. The molecule has 1 N–H and O–H groups in total. The number of nitro groups is 1. The second-order valence-electron chi connectivity index (χ2n) is 10.2. The molecule has 0 saturated carbocycles. The van der Waals surface area contributed by atoms with E-state index in [1.165, 1.54) is 25.4 Å². The van der Waals surface area contributed by atoms with E-state index in [-0.39, 0.29) is 29.8 Å². The molecule has 0 bridgehead atoms. The van der Waals surface area contributed by atoms with Crippen LogP contribution in [0.15, 0.2) is 36.5 Å². The van der Waals surface area contributed by atoms with Gasteiger partial charge in [0.25, 0.3) is 5.69 Å². The Hall–Kier alpha value is -4.36. The van der Waals surface area contributed by atoms with E-state index in [0.717, 1.165) is 0 Å². The lowest BCUT2D eigenvalue weighted by Gasteiger charge is -2.22. The highest BCUT2D eigenvalue weighted by Gasteiger charge is 2.23. The van der Waals surface area contributed by atoms with Crippen LogP contribution >= 0.6 is 0 Å². The standard InChI is InChI=1S/C28H35FN8O4/c1-17(2)36-24-13-18(12-19(29)27(24)33-26(36)16-40-6)20-8-9-30-28(31-20)32-21-14-23(37(38)39)22(15-25(21)41-7)35(5)11-10-34(3)4/h8-9,12-15,17H,10-11,16H2,1-7H3,(H,30,31,32). The van der Waals surface area contributed by atoms with Crippen molar-refractivity contribution in [2.24, 2.45) is 0 Å². The number of aromatic nitrogens is 4. The Morgan fingerprint density at radius 2 is 1.88 bits per heavy atom. The van der Waals surface area contributed by atoms with Gasteiger partial charge in [0, 0.05) is 57.2 Å². The molecule has 0 aliphatic heterocycles. The van der Waals surface area contributed by atoms with Crippen molar-refractivity contribution in [3.05, 3.63) is 58.3 Å². The predicted molar refractivity (Wildman–Crippen MR) is 157 cm³/mol. The van der Waals surface area contributed by atoms with Crippen LogP contribution in [-0.2, 0) is 11.3 Å². The van der Waals surface area contributed by atoms with Crippen molar-refractivity contribution in [1.29, 1.82) is 0 Å². The normalized spacial score (nSPS) is 11.5. The number of anilines is 3. The monoisotopic (exact) mass is 566 g/mol. The highest BCUT2D eigenvalue weighted by molar-refractivity contribution is 5.83. The summed E-state index contributed by atoms with van der Waals surface area (Å²) in [6, 6.07) is 7.93. The maximum absolute atomic E-state index is 15.2. The second-order valence-corrected chi connectivity index (χ2v) is 10.2. The molecule has 0 fully saturated rings. The summed E-state index contributed by atoms with van der Waals surface area (Å²) in [5, 5.41) is 15.0. The van der Waals surface area contributed by atoms with E-state index in [0.29, 0.717) is 52.8 Å². The molecule has 0 spiro atoms. The molecule has 0 radical (unpaired) electrons. The number of nitro benzene ring substituents is 1. The first-order chi connectivity index (χ1) is 19.5. The molecule has 4 aromatic rings. The lowest BCUT2D eigenvalue weighted by molar-refractivity contribution is -0.384. The summed E-state index contributed by atoms with van der Waals surface area (Å²) in [5.74, 6) is 0.703. The van der Waals surface area contributed by atoms with Gasteiger partial charge in [-0.05, 0) is 46.1 Å². The van der Waals surface area contributed by atoms with Crippen molar-refractivity contribution in [3.8, 4) is 17.0 Å². The smallest absolute Gasteiger partial charge is 0.294 e. The van der Waals surface area contributed by atoms with Gasteiger partial charge in [-0.2, -0.15) is 0 Å². The minimum atomic E-state index is -0.478. The number of fused-ring (bicyclic) bond motifs is 1. The van der Waals surface area contributed by atoms with Crippen LogP contribution < -0.4 is 15.0 Å². The van der Waals surface area contributed by atoms with Crippen LogP contribution in [0.4, 0.5) is 27.4 Å². The minimum Gasteiger partial charge on any atom is -0.494 e. The first-order valence-electron chi connectivity index (χ1n) is 13.1. The molecule has 2 aromatic heterocycles. The number of imidazole rings is 1. The van der Waals surface area contributed by atoms with Crippen LogP contribution in [0.5, 0.6) is 5.75 Å². The highest BCUT2D eigenvalue weighted by atomic mass is 19.1. The van der Waals surface area contributed by atoms with E-state index in [1.54, 1.807) is 26.3 Å². The van der Waals surface area contributed by atoms with Gasteiger partial charge in [0.1, 0.15) is 29.4 Å². The van der Waals surface area contributed by atoms with Crippen molar-refractivity contribution in [2.45, 2.75) is 26.5 Å². The first-order valence-corrected chi connectivity index (χ1v) is 13.1. The topological polar surface area (TPSA) is 124 Å². The molecular formula is C28H35FN8O4. The van der Waals surface area contributed by atoms with E-state index >= 15 is 4.39 Å². The van der Waals surface area contributed by atoms with Gasteiger partial charge in [0.2, 0.25) is 5.95 Å². The predicted octanol–water partition coefficient (Wildman–Crippen LogP) is 5.02. The molecule has 0 aliphatic carbocycles. The van der Waals surface area contributed by atoms with E-state index in [1.807, 2.05) is 48.4 Å². The number of benzene rings is 2. The Labute approximate surface area is 237 Å². The molecule has 4 rings (SSSR count). The third-order valence-electron chi connectivity index (χ3n) is 6.60. The van der Waals surface area contributed by atoms with Crippen LogP contribution in [0.2, 0.25) is 0 Å². The molecule has 13 heteroatoms. The number of ether oxygens (including phenoxy) is 2. The number of hydrogen-bond donors (Lipinski definition) is 1. The lowest BCUT2D eigenvalue weighted by atomic mass is 10.1. The van der Waals surface area contributed by atoms with Gasteiger partial charge in [-0.3, -0.25) is 10.1 Å². The fourth-order valence-corrected chi connectivity index (χ4v) is 4.60. The highest BCUT2D eigenvalue weighted by Crippen LogP contribution is 2.39. The van der Waals surface area contributed by atoms with E-state index < -0.39 is 10.7 Å². The summed E-state index contributed by atoms with van der Waals surface area (Å²) in [6.45, 7) is 5.54. The van der Waals surface area contributed by atoms with Gasteiger partial charge in [0.05, 0.1) is 28.9 Å². The summed E-state index contributed by atoms with van der Waals surface area (Å²) in [4.78, 5) is 28.7. The molecule has 0 unspecified atom stereocenters. The van der Waals surface area contributed by atoms with Crippen LogP contribution in [0.25, 0.3) is 22.3 Å². The van der Waals surface area contributed by atoms with Crippen molar-refractivity contribution < 1.29 is 18.8 Å². The van der Waals surface area contributed by atoms with Crippen LogP contribution in [0.1, 0.15) is 25.7 Å². The average Bonchev–Trinajstić information content (AvgIpc) is 3.30. The summed E-state index contributed by atoms with van der Waals surface area (Å²) >= 11 is 0. The molecule has 218 valence electrons. The Bertz CT molecular complexity index is 1560. The zero-order valence-electron chi connectivity index (χ0n) is 24.3. The molecule has 0 amide bonds. The fourth-order valence-electron chi connectivity index (χ4n) is 4.60. The molecule has 0 aliphatic rings. The Morgan fingerprint density at radius 3 is 2.51 bits per heavy atom. The molecule has 0 atom stereocenters. The van der Waals surface area contributed by atoms with Crippen LogP contribution in [0.3, 0.4) is 0 Å². The quantitative estimate of drug-likeness (QED) is 0.185. The number of likely N-dealkylation sites (N-methyl/N-ethyl adjacent to an activating group) is 2. The lowest BCUT2D eigenvalue weighted by Crippen LogP contribution is -2.28. The summed E-state index contributed by atoms with van der Waals surface area (Å²) in [6.07, 6.45) is 1.53. The molecule has 12 nitrogen and oxygen atoms in total. The first kappa shape index (κ1) is 29.6. The SMILES string of the molecule is COCc1nc2c(F)cc(-c3ccnc(Nc4cc([N+](=O)[O-])c(N(C)CCN(C)C)cc4OC)n3)cc2n1C(C)C. The zero-order valence-corrected chi connectivity index (χ0v) is 24.3. The zero-order chi connectivity index (χ0) is 29.8. The number of rotatable bonds is 12. The molecule has 2 heterocycles. The van der Waals surface area contributed by atoms with E-state index in [2.05, 4.69) is 20.3 Å². The third-order valence-corrected chi connectivity index (χ3v) is 6.60. The number of hydrogen-bond acceptors (Lipinski definition) is 10. The van der Waals surface area contributed by atoms with Gasteiger partial charge in [0.15, 0.2) is 5.82 Å². The fraction of sp³-hybridized carbons (Fsp3) is 0.393. The van der Waals surface area contributed by atoms with E-state index in [9.17, 15) is 10.1 Å². The summed E-state index contributed by atoms with van der Waals surface area (Å²) < 4.78 is 28.0. The third kappa shape index (κ3) is 6.36. The number of halogens is 1. The maximum atomic E-state index is 15.2. The van der Waals surface area contributed by atoms with Crippen molar-refractivity contribution in [2.75, 3.05) is 58.7 Å². The van der Waals surface area contributed by atoms with Gasteiger partial charge >= 0.3 is 0 Å². The van der Waals surface area contributed by atoms with Crippen molar-refractivity contribution >= 4 is 34.0 Å². The molecule has 41 heavy (non-hydrogen) atoms. The molecular weight excluding hydrogens is 531 g/mol. The number of nitrogens with zero attached hydrogens (tertiary/aromatic N) is 7. The number of nitrogens with one attached hydrogen (secondary N) is 1. The van der Waals surface area contributed by atoms with Gasteiger partial charge in [-0.25, -0.2) is 19.3 Å². The van der Waals surface area contributed by atoms with Gasteiger partial charge < -0.3 is 29.2 Å². The largest absolute Gasteiger partial charge is 0.494 e.